The molecular formula is C23H27N3O3. The summed E-state index contributed by atoms with van der Waals surface area (Å²) in [5, 5.41) is 0. The summed E-state index contributed by atoms with van der Waals surface area (Å²) >= 11 is 0. The van der Waals surface area contributed by atoms with E-state index in [-0.39, 0.29) is 11.7 Å². The van der Waals surface area contributed by atoms with Crippen molar-refractivity contribution < 1.29 is 14.3 Å². The molecule has 4 rings (SSSR count). The third-order valence-corrected chi connectivity index (χ3v) is 5.49. The Morgan fingerprint density at radius 3 is 2.79 bits per heavy atom. The maximum atomic E-state index is 12.7. The Morgan fingerprint density at radius 1 is 1.24 bits per heavy atom. The number of ether oxygens (including phenoxy) is 2. The Labute approximate surface area is 171 Å². The molecule has 0 bridgehead atoms. The summed E-state index contributed by atoms with van der Waals surface area (Å²) in [4.78, 5) is 24.3. The van der Waals surface area contributed by atoms with Gasteiger partial charge in [0.1, 0.15) is 11.6 Å². The molecule has 2 aliphatic heterocycles. The zero-order valence-electron chi connectivity index (χ0n) is 16.8. The van der Waals surface area contributed by atoms with E-state index < -0.39 is 0 Å². The first-order valence-electron chi connectivity index (χ1n) is 10.2. The number of methoxy groups -OCH3 is 1. The van der Waals surface area contributed by atoms with E-state index in [1.165, 1.54) is 0 Å². The first kappa shape index (κ1) is 19.7. The van der Waals surface area contributed by atoms with Gasteiger partial charge in [0.15, 0.2) is 0 Å². The molecule has 0 amide bonds. The van der Waals surface area contributed by atoms with Gasteiger partial charge in [0, 0.05) is 56.4 Å². The lowest BCUT2D eigenvalue weighted by atomic mass is 9.93. The molecule has 1 aromatic heterocycles. The quantitative estimate of drug-likeness (QED) is 0.724. The fourth-order valence-corrected chi connectivity index (χ4v) is 4.01. The fraction of sp³-hybridized carbons (Fsp3) is 0.435. The van der Waals surface area contributed by atoms with Crippen molar-refractivity contribution in [3.05, 3.63) is 65.0 Å². The Morgan fingerprint density at radius 2 is 2.03 bits per heavy atom. The van der Waals surface area contributed by atoms with Gasteiger partial charge in [0.2, 0.25) is 0 Å². The van der Waals surface area contributed by atoms with E-state index in [0.29, 0.717) is 26.0 Å². The number of pyridine rings is 1. The summed E-state index contributed by atoms with van der Waals surface area (Å²) in [5.41, 5.74) is 4.19. The number of benzene rings is 1. The molecule has 0 radical (unpaired) electrons. The zero-order chi connectivity index (χ0) is 20.1. The first-order valence-corrected chi connectivity index (χ1v) is 10.2. The SMILES string of the molecule is COC[C@@H](CC(=O)Cc1cc2c(cn1)C(N1CCOCC1)=NC2)c1ccccc1. The lowest BCUT2D eigenvalue weighted by molar-refractivity contribution is -0.119. The topological polar surface area (TPSA) is 64.0 Å². The highest BCUT2D eigenvalue weighted by molar-refractivity contribution is 6.01. The van der Waals surface area contributed by atoms with Crippen LogP contribution in [0, 0.1) is 0 Å². The molecule has 2 aromatic rings. The standard InChI is InChI=1S/C23H27N3O3/c1-28-16-19(17-5-3-2-4-6-17)12-21(27)13-20-11-18-14-25-23(22(18)15-24-20)26-7-9-29-10-8-26/h2-6,11,15,19H,7-10,12-14,16H2,1H3/t19-/m1/s1. The third kappa shape index (κ3) is 4.71. The van der Waals surface area contributed by atoms with E-state index in [4.69, 9.17) is 14.5 Å². The Kier molecular flexibility index (Phi) is 6.32. The molecule has 0 unspecified atom stereocenters. The molecule has 29 heavy (non-hydrogen) atoms. The molecule has 0 saturated carbocycles. The molecule has 6 heteroatoms. The lowest BCUT2D eigenvalue weighted by Crippen LogP contribution is -2.40. The summed E-state index contributed by atoms with van der Waals surface area (Å²) in [6.45, 7) is 4.38. The Balaban J connectivity index is 1.40. The smallest absolute Gasteiger partial charge is 0.139 e. The molecule has 0 N–H and O–H groups in total. The van der Waals surface area contributed by atoms with E-state index >= 15 is 0 Å². The first-order chi connectivity index (χ1) is 14.2. The van der Waals surface area contributed by atoms with Crippen molar-refractivity contribution in [1.82, 2.24) is 9.88 Å². The minimum absolute atomic E-state index is 0.0689. The van der Waals surface area contributed by atoms with Crippen LogP contribution in [0.5, 0.6) is 0 Å². The highest BCUT2D eigenvalue weighted by Gasteiger charge is 2.24. The predicted molar refractivity (Wildman–Crippen MR) is 111 cm³/mol. The number of morpholine rings is 1. The van der Waals surface area contributed by atoms with Gasteiger partial charge in [-0.1, -0.05) is 30.3 Å². The van der Waals surface area contributed by atoms with Crippen molar-refractivity contribution in [2.24, 2.45) is 4.99 Å². The van der Waals surface area contributed by atoms with E-state index in [0.717, 1.165) is 54.5 Å². The molecule has 1 atom stereocenters. The molecule has 6 nitrogen and oxygen atoms in total. The van der Waals surface area contributed by atoms with Crippen LogP contribution in [0.2, 0.25) is 0 Å². The number of carbonyl (C=O) groups excluding carboxylic acids is 1. The van der Waals surface area contributed by atoms with E-state index in [1.807, 2.05) is 30.5 Å². The van der Waals surface area contributed by atoms with Crippen LogP contribution in [0.3, 0.4) is 0 Å². The molecule has 0 spiro atoms. The molecule has 1 fully saturated rings. The van der Waals surface area contributed by atoms with Crippen molar-refractivity contribution in [2.45, 2.75) is 25.3 Å². The van der Waals surface area contributed by atoms with E-state index in [1.54, 1.807) is 7.11 Å². The van der Waals surface area contributed by atoms with Crippen LogP contribution in [0.15, 0.2) is 47.6 Å². The minimum Gasteiger partial charge on any atom is -0.384 e. The number of carbonyl (C=O) groups is 1. The Hall–Kier alpha value is -2.57. The van der Waals surface area contributed by atoms with Gasteiger partial charge >= 0.3 is 0 Å². The summed E-state index contributed by atoms with van der Waals surface area (Å²) < 4.78 is 10.8. The van der Waals surface area contributed by atoms with Crippen molar-refractivity contribution in [2.75, 3.05) is 40.0 Å². The maximum Gasteiger partial charge on any atom is 0.139 e. The van der Waals surface area contributed by atoms with Crippen molar-refractivity contribution in [3.8, 4) is 0 Å². The number of hydrogen-bond acceptors (Lipinski definition) is 6. The normalized spacial score (nSPS) is 17.0. The number of amidine groups is 1. The number of Topliss-reactive ketones (excluding diaryl/α,β-unsaturated/α-hetero) is 1. The molecule has 152 valence electrons. The maximum absolute atomic E-state index is 12.7. The molecule has 3 heterocycles. The predicted octanol–water partition coefficient (Wildman–Crippen LogP) is 2.61. The largest absolute Gasteiger partial charge is 0.384 e. The second-order valence-corrected chi connectivity index (χ2v) is 7.55. The molecule has 1 aromatic carbocycles. The summed E-state index contributed by atoms with van der Waals surface area (Å²) in [5.74, 6) is 1.26. The second-order valence-electron chi connectivity index (χ2n) is 7.55. The molecule has 2 aliphatic rings. The van der Waals surface area contributed by atoms with Crippen LogP contribution in [0.1, 0.15) is 34.7 Å². The average Bonchev–Trinajstić information content (AvgIpc) is 3.18. The second kappa shape index (κ2) is 9.29. The third-order valence-electron chi connectivity index (χ3n) is 5.49. The summed E-state index contributed by atoms with van der Waals surface area (Å²) in [7, 11) is 1.68. The number of fused-ring (bicyclic) bond motifs is 1. The van der Waals surface area contributed by atoms with Gasteiger partial charge in [-0.15, -0.1) is 0 Å². The van der Waals surface area contributed by atoms with Crippen molar-refractivity contribution in [3.63, 3.8) is 0 Å². The monoisotopic (exact) mass is 393 g/mol. The highest BCUT2D eigenvalue weighted by atomic mass is 16.5. The van der Waals surface area contributed by atoms with Crippen molar-refractivity contribution >= 4 is 11.6 Å². The lowest BCUT2D eigenvalue weighted by Gasteiger charge is -2.28. The van der Waals surface area contributed by atoms with Crippen molar-refractivity contribution in [1.29, 1.82) is 0 Å². The fourth-order valence-electron chi connectivity index (χ4n) is 4.01. The van der Waals surface area contributed by atoms with Crippen LogP contribution in [0.25, 0.3) is 0 Å². The summed E-state index contributed by atoms with van der Waals surface area (Å²) in [6, 6.07) is 12.1. The molecule has 0 aliphatic carbocycles. The number of hydrogen-bond donors (Lipinski definition) is 0. The number of rotatable bonds is 7. The number of aliphatic imine (C=N–C) groups is 1. The van der Waals surface area contributed by atoms with Crippen LogP contribution >= 0.6 is 0 Å². The molecular weight excluding hydrogens is 366 g/mol. The van der Waals surface area contributed by atoms with Gasteiger partial charge in [-0.2, -0.15) is 0 Å². The van der Waals surface area contributed by atoms with E-state index in [2.05, 4.69) is 22.0 Å². The van der Waals surface area contributed by atoms with Gasteiger partial charge in [0.25, 0.3) is 0 Å². The van der Waals surface area contributed by atoms with Gasteiger partial charge < -0.3 is 14.4 Å². The summed E-state index contributed by atoms with van der Waals surface area (Å²) in [6.07, 6.45) is 2.67. The number of nitrogens with zero attached hydrogens (tertiary/aromatic N) is 3. The number of aromatic nitrogens is 1. The highest BCUT2D eigenvalue weighted by Crippen LogP contribution is 2.24. The van der Waals surface area contributed by atoms with Gasteiger partial charge in [0.05, 0.1) is 26.4 Å². The van der Waals surface area contributed by atoms with Gasteiger partial charge in [-0.3, -0.25) is 14.8 Å². The van der Waals surface area contributed by atoms with Crippen LogP contribution < -0.4 is 0 Å². The van der Waals surface area contributed by atoms with Gasteiger partial charge in [-0.25, -0.2) is 0 Å². The number of ketones is 1. The van der Waals surface area contributed by atoms with Crippen LogP contribution in [-0.2, 0) is 27.2 Å². The van der Waals surface area contributed by atoms with E-state index in [9.17, 15) is 4.79 Å². The van der Waals surface area contributed by atoms with Gasteiger partial charge in [-0.05, 0) is 17.2 Å². The zero-order valence-corrected chi connectivity index (χ0v) is 16.8. The van der Waals surface area contributed by atoms with Crippen LogP contribution in [-0.4, -0.2) is 61.5 Å². The molecule has 1 saturated heterocycles. The average molecular weight is 393 g/mol. The van der Waals surface area contributed by atoms with Crippen LogP contribution in [0.4, 0.5) is 0 Å². The Bertz CT molecular complexity index is 876. The minimum atomic E-state index is 0.0689.